The first kappa shape index (κ1) is 12.0. The number of hydrogen-bond donors (Lipinski definition) is 2. The highest BCUT2D eigenvalue weighted by atomic mass is 16.1. The summed E-state index contributed by atoms with van der Waals surface area (Å²) < 4.78 is 0. The van der Waals surface area contributed by atoms with Crippen LogP contribution in [0.2, 0.25) is 0 Å². The maximum absolute atomic E-state index is 11.9. The first-order valence-corrected chi connectivity index (χ1v) is 6.61. The van der Waals surface area contributed by atoms with Crippen LogP contribution < -0.4 is 21.2 Å². The van der Waals surface area contributed by atoms with Gasteiger partial charge in [0.15, 0.2) is 11.5 Å². The highest BCUT2D eigenvalue weighted by Crippen LogP contribution is 2.30. The standard InChI is InChI=1S/C11H13N9O/c1-2-7-8-3-18(19-6-12-4-15-19)17-20(8)10-9(16-7)11(21)14-5-13-10/h4-6,8,17H,2-3H2,1H3,(H,13,14,21). The zero-order valence-electron chi connectivity index (χ0n) is 11.3. The minimum atomic E-state index is -0.245. The van der Waals surface area contributed by atoms with Gasteiger partial charge in [-0.15, -0.1) is 15.4 Å². The third-order valence-corrected chi connectivity index (χ3v) is 3.57. The Balaban J connectivity index is 1.79. The molecule has 0 radical (unpaired) electrons. The average Bonchev–Trinajstić information content (AvgIpc) is 3.16. The van der Waals surface area contributed by atoms with E-state index in [-0.39, 0.29) is 11.6 Å². The molecule has 1 fully saturated rings. The van der Waals surface area contributed by atoms with Gasteiger partial charge in [0.2, 0.25) is 0 Å². The number of hydrogen-bond acceptors (Lipinski definition) is 8. The van der Waals surface area contributed by atoms with Crippen LogP contribution in [-0.2, 0) is 0 Å². The van der Waals surface area contributed by atoms with E-state index in [1.54, 1.807) is 16.2 Å². The van der Waals surface area contributed by atoms with Gasteiger partial charge in [-0.3, -0.25) is 9.80 Å². The molecule has 1 saturated heterocycles. The Bertz CT molecular complexity index is 749. The molecule has 10 nitrogen and oxygen atoms in total. The van der Waals surface area contributed by atoms with Gasteiger partial charge in [0.05, 0.1) is 12.9 Å². The molecule has 0 amide bonds. The number of aliphatic imine (C=N–C) groups is 1. The number of H-pyrrole nitrogens is 1. The molecule has 1 unspecified atom stereocenters. The first-order valence-electron chi connectivity index (χ1n) is 6.61. The van der Waals surface area contributed by atoms with Gasteiger partial charge >= 0.3 is 0 Å². The van der Waals surface area contributed by atoms with Crippen LogP contribution >= 0.6 is 0 Å². The van der Waals surface area contributed by atoms with Crippen LogP contribution in [0.1, 0.15) is 13.3 Å². The van der Waals surface area contributed by atoms with E-state index >= 15 is 0 Å². The van der Waals surface area contributed by atoms with Crippen molar-refractivity contribution in [2.24, 2.45) is 4.99 Å². The summed E-state index contributed by atoms with van der Waals surface area (Å²) in [4.78, 5) is 28.7. The molecule has 1 atom stereocenters. The number of hydrazine groups is 2. The van der Waals surface area contributed by atoms with Crippen molar-refractivity contribution in [3.63, 3.8) is 0 Å². The molecule has 2 N–H and O–H groups in total. The summed E-state index contributed by atoms with van der Waals surface area (Å²) in [6.45, 7) is 2.65. The fourth-order valence-electron chi connectivity index (χ4n) is 2.58. The molecule has 2 aromatic heterocycles. The summed E-state index contributed by atoms with van der Waals surface area (Å²) in [5.41, 5.74) is 4.19. The molecule has 10 heteroatoms. The summed E-state index contributed by atoms with van der Waals surface area (Å²) in [6, 6.07) is 0.000926. The number of nitrogens with zero attached hydrogens (tertiary/aromatic N) is 7. The lowest BCUT2D eigenvalue weighted by Gasteiger charge is -2.28. The number of rotatable bonds is 2. The van der Waals surface area contributed by atoms with Crippen LogP contribution in [0, 0.1) is 0 Å². The molecule has 2 aliphatic rings. The van der Waals surface area contributed by atoms with Crippen molar-refractivity contribution < 1.29 is 0 Å². The molecule has 21 heavy (non-hydrogen) atoms. The Morgan fingerprint density at radius 2 is 2.38 bits per heavy atom. The van der Waals surface area contributed by atoms with E-state index in [2.05, 4.69) is 30.6 Å². The highest BCUT2D eigenvalue weighted by Gasteiger charge is 2.39. The van der Waals surface area contributed by atoms with E-state index < -0.39 is 0 Å². The third-order valence-electron chi connectivity index (χ3n) is 3.57. The largest absolute Gasteiger partial charge is 0.311 e. The molecule has 0 spiro atoms. The van der Waals surface area contributed by atoms with Crippen LogP contribution in [-0.4, -0.2) is 43.1 Å². The second-order valence-corrected chi connectivity index (χ2v) is 4.74. The van der Waals surface area contributed by atoms with Crippen LogP contribution in [0.4, 0.5) is 11.5 Å². The predicted molar refractivity (Wildman–Crippen MR) is 74.8 cm³/mol. The van der Waals surface area contributed by atoms with Gasteiger partial charge in [-0.2, -0.15) is 0 Å². The monoisotopic (exact) mass is 287 g/mol. The van der Waals surface area contributed by atoms with Crippen molar-refractivity contribution in [1.82, 2.24) is 30.4 Å². The third kappa shape index (κ3) is 1.72. The van der Waals surface area contributed by atoms with Crippen molar-refractivity contribution in [3.8, 4) is 0 Å². The van der Waals surface area contributed by atoms with Gasteiger partial charge in [-0.05, 0) is 6.42 Å². The highest BCUT2D eigenvalue weighted by molar-refractivity contribution is 5.98. The predicted octanol–water partition coefficient (Wildman–Crippen LogP) is -0.896. The summed E-state index contributed by atoms with van der Waals surface area (Å²) in [5.74, 6) is 0.517. The lowest BCUT2D eigenvalue weighted by atomic mass is 10.1. The maximum atomic E-state index is 11.9. The Kier molecular flexibility index (Phi) is 2.51. The summed E-state index contributed by atoms with van der Waals surface area (Å²) in [7, 11) is 0. The SMILES string of the molecule is CCC1=Nc2c(nc[nH]c2=O)N2NN(n3cncn3)CC12. The van der Waals surface area contributed by atoms with Crippen molar-refractivity contribution in [1.29, 1.82) is 0 Å². The van der Waals surface area contributed by atoms with Crippen molar-refractivity contribution in [2.45, 2.75) is 19.4 Å². The second kappa shape index (κ2) is 4.38. The Morgan fingerprint density at radius 3 is 3.14 bits per heavy atom. The molecular weight excluding hydrogens is 274 g/mol. The van der Waals surface area contributed by atoms with Crippen molar-refractivity contribution in [3.05, 3.63) is 29.3 Å². The Labute approximate surface area is 119 Å². The first-order chi connectivity index (χ1) is 10.3. The summed E-state index contributed by atoms with van der Waals surface area (Å²) in [6.07, 6.45) is 5.19. The topological polar surface area (TPSA) is 107 Å². The lowest BCUT2D eigenvalue weighted by molar-refractivity contribution is 0.507. The minimum Gasteiger partial charge on any atom is -0.311 e. The summed E-state index contributed by atoms with van der Waals surface area (Å²) in [5, 5.41) is 7.73. The molecule has 4 rings (SSSR count). The van der Waals surface area contributed by atoms with E-state index in [1.165, 1.54) is 12.7 Å². The zero-order chi connectivity index (χ0) is 14.4. The molecule has 4 heterocycles. The van der Waals surface area contributed by atoms with Gasteiger partial charge < -0.3 is 4.98 Å². The zero-order valence-corrected chi connectivity index (χ0v) is 11.3. The molecule has 0 bridgehead atoms. The Morgan fingerprint density at radius 1 is 1.48 bits per heavy atom. The van der Waals surface area contributed by atoms with E-state index in [9.17, 15) is 4.79 Å². The summed E-state index contributed by atoms with van der Waals surface area (Å²) >= 11 is 0. The number of nitrogens with one attached hydrogen (secondary N) is 2. The van der Waals surface area contributed by atoms with Gasteiger partial charge in [0.1, 0.15) is 18.7 Å². The molecule has 2 aromatic rings. The number of aromatic amines is 1. The van der Waals surface area contributed by atoms with Crippen LogP contribution in [0.25, 0.3) is 0 Å². The van der Waals surface area contributed by atoms with Crippen LogP contribution in [0.5, 0.6) is 0 Å². The smallest absolute Gasteiger partial charge is 0.278 e. The minimum absolute atomic E-state index is 0.000926. The number of aromatic nitrogens is 5. The molecule has 0 saturated carbocycles. The molecule has 2 aliphatic heterocycles. The number of anilines is 1. The van der Waals surface area contributed by atoms with Crippen LogP contribution in [0.3, 0.4) is 0 Å². The lowest BCUT2D eigenvalue weighted by Crippen LogP contribution is -2.49. The quantitative estimate of drug-likeness (QED) is 0.737. The molecular formula is C11H13N9O. The van der Waals surface area contributed by atoms with Gasteiger partial charge in [0, 0.05) is 5.71 Å². The van der Waals surface area contributed by atoms with Gasteiger partial charge in [-0.25, -0.2) is 20.1 Å². The molecule has 0 aromatic carbocycles. The maximum Gasteiger partial charge on any atom is 0.278 e. The molecule has 108 valence electrons. The van der Waals surface area contributed by atoms with Crippen molar-refractivity contribution >= 4 is 17.2 Å². The fourth-order valence-corrected chi connectivity index (χ4v) is 2.58. The number of fused-ring (bicyclic) bond motifs is 3. The normalized spacial score (nSPS) is 20.2. The van der Waals surface area contributed by atoms with Gasteiger partial charge in [0.25, 0.3) is 5.56 Å². The average molecular weight is 287 g/mol. The molecule has 0 aliphatic carbocycles. The Hall–Kier alpha value is -2.75. The van der Waals surface area contributed by atoms with Crippen LogP contribution in [0.15, 0.2) is 28.8 Å². The van der Waals surface area contributed by atoms with Crippen molar-refractivity contribution in [2.75, 3.05) is 16.7 Å². The van der Waals surface area contributed by atoms with E-state index in [4.69, 9.17) is 0 Å². The van der Waals surface area contributed by atoms with E-state index in [0.717, 1.165) is 12.1 Å². The van der Waals surface area contributed by atoms with Gasteiger partial charge in [-0.1, -0.05) is 6.92 Å². The second-order valence-electron chi connectivity index (χ2n) is 4.74. The van der Waals surface area contributed by atoms with E-state index in [1.807, 2.05) is 11.9 Å². The fraction of sp³-hybridized carbons (Fsp3) is 0.364. The van der Waals surface area contributed by atoms with E-state index in [0.29, 0.717) is 18.1 Å².